The zero-order valence-corrected chi connectivity index (χ0v) is 13.0. The van der Waals surface area contributed by atoms with Gasteiger partial charge in [0.15, 0.2) is 0 Å². The molecule has 1 aliphatic rings. The molecule has 0 aromatic heterocycles. The minimum atomic E-state index is 0.921. The molecule has 0 bridgehead atoms. The Hall–Kier alpha value is 0.730. The van der Waals surface area contributed by atoms with E-state index >= 15 is 0 Å². The number of hydrogen-bond donors (Lipinski definition) is 0. The zero-order chi connectivity index (χ0) is 11.4. The highest BCUT2D eigenvalue weighted by atomic mass is 127. The third-order valence-corrected chi connectivity index (χ3v) is 6.27. The summed E-state index contributed by atoms with van der Waals surface area (Å²) >= 11 is 2.74. The van der Waals surface area contributed by atoms with Crippen LogP contribution in [0.2, 0.25) is 0 Å². The van der Waals surface area contributed by atoms with Crippen LogP contribution >= 0.6 is 22.6 Å². The van der Waals surface area contributed by atoms with Gasteiger partial charge in [-0.15, -0.1) is 0 Å². The van der Waals surface area contributed by atoms with Gasteiger partial charge >= 0.3 is 0 Å². The molecule has 1 saturated carbocycles. The summed E-state index contributed by atoms with van der Waals surface area (Å²) < 4.78 is 0.942. The summed E-state index contributed by atoms with van der Waals surface area (Å²) in [5, 5.41) is 0. The van der Waals surface area contributed by atoms with Crippen molar-refractivity contribution < 1.29 is 0 Å². The number of rotatable bonds is 6. The van der Waals surface area contributed by atoms with Gasteiger partial charge in [-0.1, -0.05) is 63.1 Å². The minimum Gasteiger partial charge on any atom is -0.0820 e. The monoisotopic (exact) mass is 322 g/mol. The molecule has 1 aliphatic carbocycles. The quantitative estimate of drug-likeness (QED) is 0.460. The fourth-order valence-electron chi connectivity index (χ4n) is 2.81. The fraction of sp³-hybridized carbons (Fsp3) is 1.00. The van der Waals surface area contributed by atoms with Crippen molar-refractivity contribution in [2.75, 3.05) is 0 Å². The minimum absolute atomic E-state index is 0.921. The van der Waals surface area contributed by atoms with Crippen LogP contribution in [0.15, 0.2) is 0 Å². The molecule has 0 heterocycles. The average Bonchev–Trinajstić information content (AvgIpc) is 2.20. The zero-order valence-electron chi connectivity index (χ0n) is 10.8. The Morgan fingerprint density at radius 3 is 2.20 bits per heavy atom. The van der Waals surface area contributed by atoms with Crippen molar-refractivity contribution in [1.82, 2.24) is 0 Å². The van der Waals surface area contributed by atoms with Gasteiger partial charge in [0.2, 0.25) is 0 Å². The number of alkyl halides is 1. The molecule has 0 N–H and O–H groups in total. The van der Waals surface area contributed by atoms with Crippen molar-refractivity contribution in [2.45, 2.75) is 63.7 Å². The molecule has 0 radical (unpaired) electrons. The predicted octanol–water partition coefficient (Wildman–Crippen LogP) is 5.30. The lowest BCUT2D eigenvalue weighted by Crippen LogP contribution is -2.33. The maximum atomic E-state index is 2.74. The Kier molecular flexibility index (Phi) is 5.94. The van der Waals surface area contributed by atoms with Gasteiger partial charge in [-0.05, 0) is 42.9 Å². The summed E-state index contributed by atoms with van der Waals surface area (Å²) in [5.74, 6) is 3.94. The van der Waals surface area contributed by atoms with Crippen molar-refractivity contribution in [3.63, 3.8) is 0 Å². The fourth-order valence-corrected chi connectivity index (χ4v) is 4.20. The highest BCUT2D eigenvalue weighted by molar-refractivity contribution is 14.1. The molecule has 15 heavy (non-hydrogen) atoms. The van der Waals surface area contributed by atoms with E-state index < -0.39 is 0 Å². The summed E-state index contributed by atoms with van der Waals surface area (Å²) in [6.45, 7) is 9.51. The highest BCUT2D eigenvalue weighted by Crippen LogP contribution is 2.43. The van der Waals surface area contributed by atoms with Crippen LogP contribution in [0.5, 0.6) is 0 Å². The van der Waals surface area contributed by atoms with Crippen LogP contribution in [-0.4, -0.2) is 3.92 Å². The van der Waals surface area contributed by atoms with E-state index in [1.54, 1.807) is 0 Å². The predicted molar refractivity (Wildman–Crippen MR) is 77.5 cm³/mol. The van der Waals surface area contributed by atoms with Gasteiger partial charge in [0.05, 0.1) is 0 Å². The third-order valence-electron chi connectivity index (χ3n) is 4.24. The maximum absolute atomic E-state index is 2.74. The van der Waals surface area contributed by atoms with E-state index in [1.807, 2.05) is 0 Å². The topological polar surface area (TPSA) is 0 Å². The molecular weight excluding hydrogens is 295 g/mol. The maximum Gasteiger partial charge on any atom is 0.0166 e. The molecule has 0 aromatic rings. The lowest BCUT2D eigenvalue weighted by molar-refractivity contribution is 0.176. The van der Waals surface area contributed by atoms with Crippen molar-refractivity contribution >= 4 is 22.6 Å². The Labute approximate surface area is 110 Å². The highest BCUT2D eigenvalue weighted by Gasteiger charge is 2.34. The van der Waals surface area contributed by atoms with Crippen LogP contribution in [0.1, 0.15) is 59.8 Å². The standard InChI is InChI=1S/C14H27I/c1-5-10(3)7-12(6-2)14(15)13-8-11(4)9-13/h10-14H,5-9H2,1-4H3. The largest absolute Gasteiger partial charge is 0.0820 e. The summed E-state index contributed by atoms with van der Waals surface area (Å²) in [6.07, 6.45) is 7.16. The summed E-state index contributed by atoms with van der Waals surface area (Å²) in [4.78, 5) is 0. The second kappa shape index (κ2) is 6.46. The van der Waals surface area contributed by atoms with Crippen LogP contribution < -0.4 is 0 Å². The lowest BCUT2D eigenvalue weighted by Gasteiger charge is -2.40. The van der Waals surface area contributed by atoms with Crippen LogP contribution in [0.25, 0.3) is 0 Å². The van der Waals surface area contributed by atoms with Gasteiger partial charge in [-0.3, -0.25) is 0 Å². The number of halogens is 1. The van der Waals surface area contributed by atoms with Gasteiger partial charge < -0.3 is 0 Å². The molecule has 0 spiro atoms. The van der Waals surface area contributed by atoms with Crippen molar-refractivity contribution in [2.24, 2.45) is 23.7 Å². The average molecular weight is 322 g/mol. The first-order valence-corrected chi connectivity index (χ1v) is 7.97. The lowest BCUT2D eigenvalue weighted by atomic mass is 9.70. The first-order valence-electron chi connectivity index (χ1n) is 6.72. The van der Waals surface area contributed by atoms with Crippen LogP contribution in [0, 0.1) is 23.7 Å². The summed E-state index contributed by atoms with van der Waals surface area (Å²) in [5.41, 5.74) is 0. The third kappa shape index (κ3) is 3.90. The van der Waals surface area contributed by atoms with Crippen LogP contribution in [0.3, 0.4) is 0 Å². The van der Waals surface area contributed by atoms with Gasteiger partial charge in [0.25, 0.3) is 0 Å². The normalized spacial score (nSPS) is 31.8. The smallest absolute Gasteiger partial charge is 0.0166 e. The second-order valence-electron chi connectivity index (χ2n) is 5.70. The molecule has 1 fully saturated rings. The van der Waals surface area contributed by atoms with Crippen molar-refractivity contribution in [1.29, 1.82) is 0 Å². The second-order valence-corrected chi connectivity index (χ2v) is 7.14. The number of hydrogen-bond acceptors (Lipinski definition) is 0. The van der Waals surface area contributed by atoms with E-state index in [4.69, 9.17) is 0 Å². The Morgan fingerprint density at radius 1 is 1.20 bits per heavy atom. The first-order chi connectivity index (χ1) is 7.08. The van der Waals surface area contributed by atoms with Gasteiger partial charge in [-0.2, -0.15) is 0 Å². The molecule has 0 nitrogen and oxygen atoms in total. The van der Waals surface area contributed by atoms with E-state index in [1.165, 1.54) is 32.1 Å². The van der Waals surface area contributed by atoms with Crippen molar-refractivity contribution in [3.05, 3.63) is 0 Å². The summed E-state index contributed by atoms with van der Waals surface area (Å²) in [7, 11) is 0. The van der Waals surface area contributed by atoms with Gasteiger partial charge in [0.1, 0.15) is 0 Å². The molecule has 1 rings (SSSR count). The molecule has 3 unspecified atom stereocenters. The van der Waals surface area contributed by atoms with E-state index in [0.717, 1.165) is 27.6 Å². The molecule has 0 saturated heterocycles. The molecule has 0 aromatic carbocycles. The van der Waals surface area contributed by atoms with Crippen LogP contribution in [-0.2, 0) is 0 Å². The van der Waals surface area contributed by atoms with E-state index in [-0.39, 0.29) is 0 Å². The van der Waals surface area contributed by atoms with Crippen LogP contribution in [0.4, 0.5) is 0 Å². The van der Waals surface area contributed by atoms with E-state index in [9.17, 15) is 0 Å². The van der Waals surface area contributed by atoms with E-state index in [2.05, 4.69) is 50.3 Å². The van der Waals surface area contributed by atoms with E-state index in [0.29, 0.717) is 0 Å². The molecule has 3 atom stereocenters. The van der Waals surface area contributed by atoms with Gasteiger partial charge in [-0.25, -0.2) is 0 Å². The Bertz CT molecular complexity index is 172. The SMILES string of the molecule is CCC(C)CC(CC)C(I)C1CC(C)C1. The summed E-state index contributed by atoms with van der Waals surface area (Å²) in [6, 6.07) is 0. The molecule has 1 heteroatoms. The molecule has 90 valence electrons. The molecule has 0 aliphatic heterocycles. The molecule has 0 amide bonds. The molecular formula is C14H27I. The Balaban J connectivity index is 2.36. The Morgan fingerprint density at radius 2 is 1.80 bits per heavy atom. The van der Waals surface area contributed by atoms with Gasteiger partial charge in [0, 0.05) is 3.92 Å². The van der Waals surface area contributed by atoms with Crippen molar-refractivity contribution in [3.8, 4) is 0 Å². The first kappa shape index (κ1) is 13.8.